The first-order valence-electron chi connectivity index (χ1n) is 6.29. The molecule has 1 aromatic rings. The van der Waals surface area contributed by atoms with Gasteiger partial charge in [-0.3, -0.25) is 0 Å². The fraction of sp³-hybridized carbons (Fsp3) is 0.429. The Kier molecular flexibility index (Phi) is 5.29. The molecule has 0 aliphatic heterocycles. The number of aryl methyl sites for hydroxylation is 2. The molecular formula is C14H22N2O2S. The highest BCUT2D eigenvalue weighted by molar-refractivity contribution is 7.89. The molecule has 0 fully saturated rings. The number of hydrogen-bond donors (Lipinski definition) is 1. The van der Waals surface area contributed by atoms with Gasteiger partial charge in [0, 0.05) is 19.6 Å². The topological polar surface area (TPSA) is 63.4 Å². The molecule has 1 aromatic carbocycles. The van der Waals surface area contributed by atoms with Crippen molar-refractivity contribution < 1.29 is 8.42 Å². The Hall–Kier alpha value is -1.17. The molecular weight excluding hydrogens is 260 g/mol. The third-order valence-corrected chi connectivity index (χ3v) is 5.24. The van der Waals surface area contributed by atoms with Crippen LogP contribution in [0, 0.1) is 13.8 Å². The fourth-order valence-corrected chi connectivity index (χ4v) is 3.73. The highest BCUT2D eigenvalue weighted by Gasteiger charge is 2.24. The number of likely N-dealkylation sites (N-methyl/N-ethyl adjacent to an activating group) is 1. The van der Waals surface area contributed by atoms with Crippen molar-refractivity contribution >= 4 is 10.0 Å². The maximum atomic E-state index is 12.6. The van der Waals surface area contributed by atoms with Crippen molar-refractivity contribution in [2.75, 3.05) is 13.1 Å². The van der Waals surface area contributed by atoms with Crippen LogP contribution in [0.4, 0.5) is 0 Å². The molecule has 0 atom stereocenters. The molecule has 0 saturated heterocycles. The zero-order valence-electron chi connectivity index (χ0n) is 11.8. The summed E-state index contributed by atoms with van der Waals surface area (Å²) in [6.45, 7) is 10.2. The minimum atomic E-state index is -3.49. The van der Waals surface area contributed by atoms with E-state index < -0.39 is 10.0 Å². The molecule has 0 saturated carbocycles. The van der Waals surface area contributed by atoms with E-state index in [1.807, 2.05) is 26.8 Å². The molecule has 4 nitrogen and oxygen atoms in total. The summed E-state index contributed by atoms with van der Waals surface area (Å²) >= 11 is 0. The predicted octanol–water partition coefficient (Wildman–Crippen LogP) is 1.96. The van der Waals surface area contributed by atoms with Gasteiger partial charge in [0.05, 0.1) is 4.90 Å². The lowest BCUT2D eigenvalue weighted by Crippen LogP contribution is -2.31. The largest absolute Gasteiger partial charge is 0.326 e. The number of rotatable bonds is 6. The second-order valence-electron chi connectivity index (χ2n) is 4.49. The van der Waals surface area contributed by atoms with Crippen molar-refractivity contribution in [2.45, 2.75) is 32.2 Å². The number of sulfonamides is 1. The van der Waals surface area contributed by atoms with E-state index in [9.17, 15) is 8.42 Å². The third kappa shape index (κ3) is 3.23. The van der Waals surface area contributed by atoms with E-state index in [4.69, 9.17) is 5.73 Å². The van der Waals surface area contributed by atoms with Crippen molar-refractivity contribution in [2.24, 2.45) is 5.73 Å². The van der Waals surface area contributed by atoms with Crippen LogP contribution < -0.4 is 5.73 Å². The van der Waals surface area contributed by atoms with Crippen LogP contribution in [0.15, 0.2) is 29.7 Å². The van der Waals surface area contributed by atoms with Crippen LogP contribution in [0.5, 0.6) is 0 Å². The van der Waals surface area contributed by atoms with Crippen LogP contribution in [0.3, 0.4) is 0 Å². The molecule has 19 heavy (non-hydrogen) atoms. The second kappa shape index (κ2) is 6.32. The first-order valence-corrected chi connectivity index (χ1v) is 7.73. The Morgan fingerprint density at radius 2 is 1.95 bits per heavy atom. The lowest BCUT2D eigenvalue weighted by atomic mass is 10.1. The molecule has 1 rings (SSSR count). The van der Waals surface area contributed by atoms with E-state index in [0.717, 1.165) is 16.7 Å². The average Bonchev–Trinajstić information content (AvgIpc) is 2.35. The molecule has 0 bridgehead atoms. The quantitative estimate of drug-likeness (QED) is 0.811. The molecule has 0 aliphatic rings. The van der Waals surface area contributed by atoms with E-state index in [0.29, 0.717) is 24.5 Å². The number of benzene rings is 1. The lowest BCUT2D eigenvalue weighted by Gasteiger charge is -2.21. The van der Waals surface area contributed by atoms with Gasteiger partial charge >= 0.3 is 0 Å². The molecule has 2 N–H and O–H groups in total. The Balaban J connectivity index is 3.39. The summed E-state index contributed by atoms with van der Waals surface area (Å²) in [6, 6.07) is 3.56. The van der Waals surface area contributed by atoms with E-state index in [2.05, 4.69) is 6.58 Å². The zero-order valence-corrected chi connectivity index (χ0v) is 12.6. The fourth-order valence-electron chi connectivity index (χ4n) is 2.05. The molecule has 0 aliphatic carbocycles. The van der Waals surface area contributed by atoms with Crippen molar-refractivity contribution in [3.63, 3.8) is 0 Å². The first-order chi connectivity index (χ1) is 8.88. The van der Waals surface area contributed by atoms with Crippen molar-refractivity contribution in [1.82, 2.24) is 4.31 Å². The molecule has 0 unspecified atom stereocenters. The van der Waals surface area contributed by atoms with Gasteiger partial charge in [-0.1, -0.05) is 19.1 Å². The van der Waals surface area contributed by atoms with Gasteiger partial charge in [0.1, 0.15) is 0 Å². The van der Waals surface area contributed by atoms with Gasteiger partial charge < -0.3 is 5.73 Å². The van der Waals surface area contributed by atoms with E-state index in [1.54, 1.807) is 12.1 Å². The molecule has 0 heterocycles. The molecule has 0 spiro atoms. The van der Waals surface area contributed by atoms with Crippen LogP contribution in [-0.2, 0) is 16.6 Å². The highest BCUT2D eigenvalue weighted by Crippen LogP contribution is 2.23. The van der Waals surface area contributed by atoms with Crippen molar-refractivity contribution in [3.8, 4) is 0 Å². The maximum Gasteiger partial charge on any atom is 0.243 e. The van der Waals surface area contributed by atoms with Crippen LogP contribution in [0.2, 0.25) is 0 Å². The summed E-state index contributed by atoms with van der Waals surface area (Å²) in [7, 11) is -3.49. The summed E-state index contributed by atoms with van der Waals surface area (Å²) in [5.41, 5.74) is 8.28. The van der Waals surface area contributed by atoms with Crippen molar-refractivity contribution in [3.05, 3.63) is 41.5 Å². The van der Waals surface area contributed by atoms with Gasteiger partial charge in [-0.05, 0) is 36.6 Å². The van der Waals surface area contributed by atoms with Crippen LogP contribution in [-0.4, -0.2) is 25.8 Å². The second-order valence-corrected chi connectivity index (χ2v) is 6.40. The van der Waals surface area contributed by atoms with E-state index in [-0.39, 0.29) is 0 Å². The third-order valence-electron chi connectivity index (χ3n) is 3.16. The zero-order chi connectivity index (χ0) is 14.6. The van der Waals surface area contributed by atoms with Gasteiger partial charge in [0.25, 0.3) is 0 Å². The normalized spacial score (nSPS) is 11.8. The number of nitrogens with two attached hydrogens (primary N) is 1. The van der Waals surface area contributed by atoms with Gasteiger partial charge in [0.15, 0.2) is 0 Å². The first kappa shape index (κ1) is 15.9. The monoisotopic (exact) mass is 282 g/mol. The summed E-state index contributed by atoms with van der Waals surface area (Å²) in [4.78, 5) is 0.335. The molecule has 106 valence electrons. The van der Waals surface area contributed by atoms with Crippen LogP contribution in [0.1, 0.15) is 23.6 Å². The Morgan fingerprint density at radius 3 is 2.42 bits per heavy atom. The van der Waals surface area contributed by atoms with Gasteiger partial charge in [-0.15, -0.1) is 6.58 Å². The predicted molar refractivity (Wildman–Crippen MR) is 78.4 cm³/mol. The van der Waals surface area contributed by atoms with Crippen LogP contribution >= 0.6 is 0 Å². The van der Waals surface area contributed by atoms with E-state index in [1.165, 1.54) is 4.31 Å². The summed E-state index contributed by atoms with van der Waals surface area (Å²) in [5.74, 6) is 0. The Morgan fingerprint density at radius 1 is 1.32 bits per heavy atom. The van der Waals surface area contributed by atoms with Gasteiger partial charge in [0.2, 0.25) is 10.0 Å². The lowest BCUT2D eigenvalue weighted by molar-refractivity contribution is 0.459. The highest BCUT2D eigenvalue weighted by atomic mass is 32.2. The van der Waals surface area contributed by atoms with Crippen LogP contribution in [0.25, 0.3) is 0 Å². The molecule has 0 amide bonds. The number of hydrogen-bond acceptors (Lipinski definition) is 3. The van der Waals surface area contributed by atoms with Gasteiger partial charge in [-0.25, -0.2) is 8.42 Å². The Labute approximate surface area is 116 Å². The standard InChI is InChI=1S/C14H22N2O2S/c1-5-7-16(6-2)19(17,18)14-9-13(10-15)11(3)8-12(14)4/h5,8-9H,1,6-7,10,15H2,2-4H3. The smallest absolute Gasteiger partial charge is 0.243 e. The minimum Gasteiger partial charge on any atom is -0.326 e. The minimum absolute atomic E-state index is 0.310. The summed E-state index contributed by atoms with van der Waals surface area (Å²) in [5, 5.41) is 0. The number of nitrogens with zero attached hydrogens (tertiary/aromatic N) is 1. The van der Waals surface area contributed by atoms with Gasteiger partial charge in [-0.2, -0.15) is 4.31 Å². The molecule has 0 aromatic heterocycles. The maximum absolute atomic E-state index is 12.6. The van der Waals surface area contributed by atoms with Crippen molar-refractivity contribution in [1.29, 1.82) is 0 Å². The summed E-state index contributed by atoms with van der Waals surface area (Å²) in [6.07, 6.45) is 1.59. The average molecular weight is 282 g/mol. The summed E-state index contributed by atoms with van der Waals surface area (Å²) < 4.78 is 26.6. The Bertz CT molecular complexity index is 565. The van der Waals surface area contributed by atoms with E-state index >= 15 is 0 Å². The SMILES string of the molecule is C=CCN(CC)S(=O)(=O)c1cc(CN)c(C)cc1C. The molecule has 0 radical (unpaired) electrons. The molecule has 5 heteroatoms.